The first kappa shape index (κ1) is 10.6. The molecule has 3 heteroatoms. The summed E-state index contributed by atoms with van der Waals surface area (Å²) in [6.45, 7) is 2.05. The number of aromatic nitrogens is 1. The second-order valence-electron chi connectivity index (χ2n) is 3.72. The standard InChI is InChI=1S/C13H13NO2/c1-9-3-4-10(7-13(15)16-2)12-8-14-6-5-11(9)12/h3-6,8H,7H2,1-2H3. The SMILES string of the molecule is COC(=O)Cc1ccc(C)c2ccncc12. The molecule has 0 N–H and O–H groups in total. The van der Waals surface area contributed by atoms with Gasteiger partial charge < -0.3 is 4.74 Å². The molecule has 1 aromatic heterocycles. The lowest BCUT2D eigenvalue weighted by atomic mass is 10.0. The Hall–Kier alpha value is -1.90. The number of nitrogens with zero attached hydrogens (tertiary/aromatic N) is 1. The summed E-state index contributed by atoms with van der Waals surface area (Å²) in [4.78, 5) is 15.4. The number of aryl methyl sites for hydroxylation is 1. The zero-order chi connectivity index (χ0) is 11.5. The van der Waals surface area contributed by atoms with Gasteiger partial charge in [0.05, 0.1) is 13.5 Å². The van der Waals surface area contributed by atoms with Crippen molar-refractivity contribution in [3.63, 3.8) is 0 Å². The third-order valence-electron chi connectivity index (χ3n) is 2.69. The Labute approximate surface area is 94.1 Å². The summed E-state index contributed by atoms with van der Waals surface area (Å²) in [5, 5.41) is 2.16. The number of rotatable bonds is 2. The van der Waals surface area contributed by atoms with Crippen LogP contribution in [-0.2, 0) is 16.0 Å². The number of hydrogen-bond donors (Lipinski definition) is 0. The third-order valence-corrected chi connectivity index (χ3v) is 2.69. The van der Waals surface area contributed by atoms with Crippen LogP contribution in [0.3, 0.4) is 0 Å². The van der Waals surface area contributed by atoms with Gasteiger partial charge in [-0.15, -0.1) is 0 Å². The summed E-state index contributed by atoms with van der Waals surface area (Å²) >= 11 is 0. The van der Waals surface area contributed by atoms with Crippen LogP contribution < -0.4 is 0 Å². The highest BCUT2D eigenvalue weighted by molar-refractivity contribution is 5.90. The fourth-order valence-electron chi connectivity index (χ4n) is 1.78. The van der Waals surface area contributed by atoms with Crippen LogP contribution in [0.1, 0.15) is 11.1 Å². The molecule has 1 aromatic carbocycles. The number of esters is 1. The van der Waals surface area contributed by atoms with Gasteiger partial charge in [0, 0.05) is 17.8 Å². The summed E-state index contributed by atoms with van der Waals surface area (Å²) < 4.78 is 4.67. The average Bonchev–Trinajstić information content (AvgIpc) is 2.33. The molecule has 0 saturated heterocycles. The quantitative estimate of drug-likeness (QED) is 0.721. The Balaban J connectivity index is 2.54. The van der Waals surface area contributed by atoms with E-state index in [2.05, 4.69) is 9.72 Å². The summed E-state index contributed by atoms with van der Waals surface area (Å²) in [5.74, 6) is -0.228. The van der Waals surface area contributed by atoms with Crippen molar-refractivity contribution in [1.29, 1.82) is 0 Å². The van der Waals surface area contributed by atoms with Crippen molar-refractivity contribution in [3.8, 4) is 0 Å². The number of fused-ring (bicyclic) bond motifs is 1. The molecule has 0 saturated carbocycles. The minimum atomic E-state index is -0.228. The molecule has 0 aliphatic heterocycles. The molecule has 0 radical (unpaired) electrons. The molecule has 2 aromatic rings. The summed E-state index contributed by atoms with van der Waals surface area (Å²) in [5.41, 5.74) is 2.14. The van der Waals surface area contributed by atoms with Crippen LogP contribution >= 0.6 is 0 Å². The minimum Gasteiger partial charge on any atom is -0.469 e. The van der Waals surface area contributed by atoms with Gasteiger partial charge >= 0.3 is 5.97 Å². The van der Waals surface area contributed by atoms with Crippen molar-refractivity contribution < 1.29 is 9.53 Å². The summed E-state index contributed by atoms with van der Waals surface area (Å²) in [6.07, 6.45) is 3.84. The molecule has 1 heterocycles. The van der Waals surface area contributed by atoms with Gasteiger partial charge in [-0.25, -0.2) is 0 Å². The van der Waals surface area contributed by atoms with Gasteiger partial charge in [0.2, 0.25) is 0 Å². The molecule has 0 fully saturated rings. The second kappa shape index (κ2) is 4.31. The topological polar surface area (TPSA) is 39.2 Å². The highest BCUT2D eigenvalue weighted by Gasteiger charge is 2.08. The lowest BCUT2D eigenvalue weighted by Gasteiger charge is -2.07. The number of hydrogen-bond acceptors (Lipinski definition) is 3. The molecule has 2 rings (SSSR count). The first-order chi connectivity index (χ1) is 7.72. The van der Waals surface area contributed by atoms with Crippen LogP contribution in [0.5, 0.6) is 0 Å². The van der Waals surface area contributed by atoms with E-state index in [4.69, 9.17) is 0 Å². The van der Waals surface area contributed by atoms with E-state index in [1.807, 2.05) is 25.1 Å². The minimum absolute atomic E-state index is 0.228. The molecular weight excluding hydrogens is 202 g/mol. The highest BCUT2D eigenvalue weighted by atomic mass is 16.5. The fraction of sp³-hybridized carbons (Fsp3) is 0.231. The van der Waals surface area contributed by atoms with Gasteiger partial charge in [0.1, 0.15) is 0 Å². The fourth-order valence-corrected chi connectivity index (χ4v) is 1.78. The van der Waals surface area contributed by atoms with E-state index < -0.39 is 0 Å². The molecule has 0 spiro atoms. The number of carbonyl (C=O) groups excluding carboxylic acids is 1. The summed E-state index contributed by atoms with van der Waals surface area (Å²) in [7, 11) is 1.40. The number of carbonyl (C=O) groups is 1. The Morgan fingerprint density at radius 3 is 2.88 bits per heavy atom. The first-order valence-corrected chi connectivity index (χ1v) is 5.11. The van der Waals surface area contributed by atoms with Crippen LogP contribution in [0.2, 0.25) is 0 Å². The zero-order valence-corrected chi connectivity index (χ0v) is 9.36. The predicted molar refractivity (Wildman–Crippen MR) is 62.2 cm³/mol. The lowest BCUT2D eigenvalue weighted by Crippen LogP contribution is -2.05. The molecule has 82 valence electrons. The Morgan fingerprint density at radius 1 is 1.31 bits per heavy atom. The largest absolute Gasteiger partial charge is 0.469 e. The molecule has 3 nitrogen and oxygen atoms in total. The van der Waals surface area contributed by atoms with Crippen molar-refractivity contribution in [2.24, 2.45) is 0 Å². The second-order valence-corrected chi connectivity index (χ2v) is 3.72. The monoisotopic (exact) mass is 215 g/mol. The van der Waals surface area contributed by atoms with E-state index in [9.17, 15) is 4.79 Å². The van der Waals surface area contributed by atoms with Crippen molar-refractivity contribution in [2.45, 2.75) is 13.3 Å². The maximum Gasteiger partial charge on any atom is 0.310 e. The van der Waals surface area contributed by atoms with E-state index in [0.29, 0.717) is 6.42 Å². The van der Waals surface area contributed by atoms with Gasteiger partial charge in [-0.3, -0.25) is 9.78 Å². The molecule has 0 atom stereocenters. The van der Waals surface area contributed by atoms with E-state index in [1.165, 1.54) is 12.7 Å². The maximum atomic E-state index is 11.3. The van der Waals surface area contributed by atoms with Crippen LogP contribution in [0.25, 0.3) is 10.8 Å². The van der Waals surface area contributed by atoms with Gasteiger partial charge in [0.25, 0.3) is 0 Å². The molecule has 0 amide bonds. The lowest BCUT2D eigenvalue weighted by molar-refractivity contribution is -0.139. The number of pyridine rings is 1. The molecular formula is C13H13NO2. The molecule has 0 aliphatic carbocycles. The number of methoxy groups -OCH3 is 1. The maximum absolute atomic E-state index is 11.3. The van der Waals surface area contributed by atoms with E-state index in [-0.39, 0.29) is 5.97 Å². The van der Waals surface area contributed by atoms with Crippen LogP contribution in [0, 0.1) is 6.92 Å². The zero-order valence-electron chi connectivity index (χ0n) is 9.36. The number of benzene rings is 1. The molecule has 0 unspecified atom stereocenters. The van der Waals surface area contributed by atoms with Crippen LogP contribution in [0.4, 0.5) is 0 Å². The molecule has 0 bridgehead atoms. The van der Waals surface area contributed by atoms with Gasteiger partial charge in [-0.05, 0) is 29.5 Å². The van der Waals surface area contributed by atoms with Crippen molar-refractivity contribution in [2.75, 3.05) is 7.11 Å². The predicted octanol–water partition coefficient (Wildman–Crippen LogP) is 2.26. The average molecular weight is 215 g/mol. The Bertz CT molecular complexity index is 534. The van der Waals surface area contributed by atoms with Gasteiger partial charge in [-0.1, -0.05) is 12.1 Å². The Kier molecular flexibility index (Phi) is 2.86. The van der Waals surface area contributed by atoms with E-state index in [1.54, 1.807) is 12.4 Å². The van der Waals surface area contributed by atoms with Gasteiger partial charge in [0.15, 0.2) is 0 Å². The van der Waals surface area contributed by atoms with Crippen molar-refractivity contribution in [3.05, 3.63) is 41.7 Å². The van der Waals surface area contributed by atoms with E-state index in [0.717, 1.165) is 16.3 Å². The van der Waals surface area contributed by atoms with Gasteiger partial charge in [-0.2, -0.15) is 0 Å². The van der Waals surface area contributed by atoms with Crippen LogP contribution in [-0.4, -0.2) is 18.1 Å². The molecule has 0 aliphatic rings. The first-order valence-electron chi connectivity index (χ1n) is 5.11. The highest BCUT2D eigenvalue weighted by Crippen LogP contribution is 2.21. The summed E-state index contributed by atoms with van der Waals surface area (Å²) in [6, 6.07) is 5.93. The van der Waals surface area contributed by atoms with Crippen molar-refractivity contribution >= 4 is 16.7 Å². The normalized spacial score (nSPS) is 10.4. The number of ether oxygens (including phenoxy) is 1. The third kappa shape index (κ3) is 1.89. The van der Waals surface area contributed by atoms with Crippen LogP contribution in [0.15, 0.2) is 30.6 Å². The Morgan fingerprint density at radius 2 is 2.12 bits per heavy atom. The molecule has 16 heavy (non-hydrogen) atoms. The smallest absolute Gasteiger partial charge is 0.310 e. The van der Waals surface area contributed by atoms with Crippen molar-refractivity contribution in [1.82, 2.24) is 4.98 Å². The van der Waals surface area contributed by atoms with E-state index >= 15 is 0 Å².